The summed E-state index contributed by atoms with van der Waals surface area (Å²) in [6.07, 6.45) is 4.93. The number of carboxylic acid groups (broad SMARTS) is 1. The molecule has 2 N–H and O–H groups in total. The van der Waals surface area contributed by atoms with Crippen LogP contribution in [0, 0.1) is 30.6 Å². The molecule has 1 heterocycles. The number of carbonyl (C=O) groups excluding carboxylic acids is 2. The summed E-state index contributed by atoms with van der Waals surface area (Å²) in [6.45, 7) is 7.42. The van der Waals surface area contributed by atoms with Crippen molar-refractivity contribution in [1.82, 2.24) is 0 Å². The fourth-order valence-electron chi connectivity index (χ4n) is 4.29. The Labute approximate surface area is 162 Å². The lowest BCUT2D eigenvalue weighted by molar-refractivity contribution is -0.146. The Balaban J connectivity index is 1.89. The number of thiophene rings is 1. The number of allylic oxidation sites excluding steroid dienone is 2. The molecule has 7 heteroatoms. The van der Waals surface area contributed by atoms with E-state index in [0.29, 0.717) is 23.4 Å². The van der Waals surface area contributed by atoms with E-state index in [-0.39, 0.29) is 23.8 Å². The molecule has 1 aromatic rings. The number of aliphatic carboxylic acids is 1. The first-order chi connectivity index (χ1) is 12.7. The molecule has 0 aliphatic heterocycles. The maximum atomic E-state index is 13.0. The van der Waals surface area contributed by atoms with Crippen molar-refractivity contribution in [2.24, 2.45) is 23.7 Å². The lowest BCUT2D eigenvalue weighted by Gasteiger charge is -2.23. The van der Waals surface area contributed by atoms with Crippen LogP contribution in [0.2, 0.25) is 0 Å². The Kier molecular flexibility index (Phi) is 5.42. The lowest BCUT2D eigenvalue weighted by atomic mass is 9.82. The molecule has 0 spiro atoms. The second kappa shape index (κ2) is 7.46. The van der Waals surface area contributed by atoms with Crippen molar-refractivity contribution in [3.8, 4) is 0 Å². The molecule has 0 saturated heterocycles. The minimum Gasteiger partial charge on any atom is -0.481 e. The molecule has 2 aliphatic rings. The third-order valence-corrected chi connectivity index (χ3v) is 6.46. The van der Waals surface area contributed by atoms with Gasteiger partial charge in [-0.05, 0) is 51.0 Å². The molecule has 27 heavy (non-hydrogen) atoms. The summed E-state index contributed by atoms with van der Waals surface area (Å²) in [5, 5.41) is 12.9. The Hall–Kier alpha value is -2.15. The molecule has 0 unspecified atom stereocenters. The SMILES string of the molecule is CCc1c(C)sc(NC(=O)[C@@H]2[C@@H](C(=O)O)[C@@H]3C=C[C@@H]2C3)c1C(=O)OC(C)C. The zero-order valence-corrected chi connectivity index (χ0v) is 16.8. The molecular formula is C20H25NO5S. The molecule has 0 radical (unpaired) electrons. The number of rotatable bonds is 6. The van der Waals surface area contributed by atoms with Crippen molar-refractivity contribution in [2.75, 3.05) is 5.32 Å². The number of esters is 1. The Morgan fingerprint density at radius 2 is 1.89 bits per heavy atom. The highest BCUT2D eigenvalue weighted by molar-refractivity contribution is 7.16. The van der Waals surface area contributed by atoms with Gasteiger partial charge in [-0.15, -0.1) is 11.3 Å². The molecule has 146 valence electrons. The standard InChI is InChI=1S/C20H25NO5S/c1-5-13-10(4)27-18(16(13)20(25)26-9(2)3)21-17(22)14-11-6-7-12(8-11)15(14)19(23)24/h6-7,9,11-12,14-15H,5,8H2,1-4H3,(H,21,22)(H,23,24)/t11-,12-,14+,15+/m1/s1. The third kappa shape index (κ3) is 3.52. The summed E-state index contributed by atoms with van der Waals surface area (Å²) in [6, 6.07) is 0. The molecule has 1 saturated carbocycles. The fourth-order valence-corrected chi connectivity index (χ4v) is 5.43. The summed E-state index contributed by atoms with van der Waals surface area (Å²) in [7, 11) is 0. The summed E-state index contributed by atoms with van der Waals surface area (Å²) in [5.41, 5.74) is 1.26. The quantitative estimate of drug-likeness (QED) is 0.570. The van der Waals surface area contributed by atoms with Crippen molar-refractivity contribution in [1.29, 1.82) is 0 Å². The number of carboxylic acids is 1. The molecule has 6 nitrogen and oxygen atoms in total. The van der Waals surface area contributed by atoms with E-state index in [1.807, 2.05) is 26.0 Å². The first-order valence-electron chi connectivity index (χ1n) is 9.29. The first kappa shape index (κ1) is 19.6. The van der Waals surface area contributed by atoms with E-state index < -0.39 is 23.8 Å². The molecule has 1 aromatic heterocycles. The summed E-state index contributed by atoms with van der Waals surface area (Å²) in [5.74, 6) is -3.20. The van der Waals surface area contributed by atoms with E-state index in [2.05, 4.69) is 5.32 Å². The molecule has 2 aliphatic carbocycles. The van der Waals surface area contributed by atoms with Crippen molar-refractivity contribution in [2.45, 2.75) is 46.6 Å². The maximum Gasteiger partial charge on any atom is 0.341 e. The number of anilines is 1. The normalized spacial score (nSPS) is 25.8. The Morgan fingerprint density at radius 3 is 2.44 bits per heavy atom. The van der Waals surface area contributed by atoms with Crippen LogP contribution in [0.4, 0.5) is 5.00 Å². The second-order valence-electron chi connectivity index (χ2n) is 7.48. The number of amides is 1. The number of hydrogen-bond acceptors (Lipinski definition) is 5. The average Bonchev–Trinajstić information content (AvgIpc) is 3.25. The summed E-state index contributed by atoms with van der Waals surface area (Å²) < 4.78 is 5.36. The van der Waals surface area contributed by atoms with Crippen LogP contribution in [0.25, 0.3) is 0 Å². The van der Waals surface area contributed by atoms with Crippen LogP contribution in [-0.4, -0.2) is 29.1 Å². The van der Waals surface area contributed by atoms with Gasteiger partial charge in [0.1, 0.15) is 5.00 Å². The number of nitrogens with one attached hydrogen (secondary N) is 1. The van der Waals surface area contributed by atoms with Crippen molar-refractivity contribution in [3.05, 3.63) is 28.2 Å². The van der Waals surface area contributed by atoms with Crippen LogP contribution in [0.3, 0.4) is 0 Å². The van der Waals surface area contributed by atoms with Gasteiger partial charge >= 0.3 is 11.9 Å². The molecule has 3 rings (SSSR count). The second-order valence-corrected chi connectivity index (χ2v) is 8.70. The van der Waals surface area contributed by atoms with Crippen LogP contribution >= 0.6 is 11.3 Å². The van der Waals surface area contributed by atoms with Gasteiger partial charge < -0.3 is 15.2 Å². The topological polar surface area (TPSA) is 92.7 Å². The zero-order chi connectivity index (χ0) is 19.9. The smallest absolute Gasteiger partial charge is 0.341 e. The molecule has 0 aromatic carbocycles. The lowest BCUT2D eigenvalue weighted by Crippen LogP contribution is -2.36. The van der Waals surface area contributed by atoms with Crippen molar-refractivity contribution >= 4 is 34.2 Å². The van der Waals surface area contributed by atoms with Gasteiger partial charge in [0.05, 0.1) is 23.5 Å². The van der Waals surface area contributed by atoms with Crippen LogP contribution in [0.1, 0.15) is 48.0 Å². The minimum atomic E-state index is -0.942. The van der Waals surface area contributed by atoms with E-state index in [1.54, 1.807) is 13.8 Å². The zero-order valence-electron chi connectivity index (χ0n) is 15.9. The maximum absolute atomic E-state index is 13.0. The van der Waals surface area contributed by atoms with E-state index >= 15 is 0 Å². The highest BCUT2D eigenvalue weighted by atomic mass is 32.1. The van der Waals surface area contributed by atoms with Gasteiger partial charge in [-0.3, -0.25) is 9.59 Å². The van der Waals surface area contributed by atoms with E-state index in [0.717, 1.165) is 10.4 Å². The predicted molar refractivity (Wildman–Crippen MR) is 103 cm³/mol. The van der Waals surface area contributed by atoms with Crippen molar-refractivity contribution < 1.29 is 24.2 Å². The predicted octanol–water partition coefficient (Wildman–Crippen LogP) is 3.65. The number of carbonyl (C=O) groups is 3. The van der Waals surface area contributed by atoms with Crippen LogP contribution in [0.5, 0.6) is 0 Å². The number of ether oxygens (including phenoxy) is 1. The molecule has 4 atom stereocenters. The van der Waals surface area contributed by atoms with Crippen molar-refractivity contribution in [3.63, 3.8) is 0 Å². The summed E-state index contributed by atoms with van der Waals surface area (Å²) >= 11 is 1.34. The number of hydrogen-bond donors (Lipinski definition) is 2. The number of fused-ring (bicyclic) bond motifs is 2. The molecule has 2 bridgehead atoms. The monoisotopic (exact) mass is 391 g/mol. The first-order valence-corrected chi connectivity index (χ1v) is 10.1. The van der Waals surface area contributed by atoms with Gasteiger partial charge in [-0.1, -0.05) is 19.1 Å². The summed E-state index contributed by atoms with van der Waals surface area (Å²) in [4.78, 5) is 38.2. The van der Waals surface area contributed by atoms with Gasteiger partial charge in [-0.25, -0.2) is 4.79 Å². The van der Waals surface area contributed by atoms with Crippen LogP contribution in [-0.2, 0) is 20.7 Å². The average molecular weight is 391 g/mol. The number of aryl methyl sites for hydroxylation is 1. The van der Waals surface area contributed by atoms with E-state index in [1.165, 1.54) is 11.3 Å². The Morgan fingerprint density at radius 1 is 1.26 bits per heavy atom. The molecule has 1 amide bonds. The third-order valence-electron chi connectivity index (χ3n) is 5.39. The van der Waals surface area contributed by atoms with Gasteiger partial charge in [0.2, 0.25) is 5.91 Å². The molecule has 1 fully saturated rings. The molecular weight excluding hydrogens is 366 g/mol. The highest BCUT2D eigenvalue weighted by Crippen LogP contribution is 2.49. The van der Waals surface area contributed by atoms with Gasteiger partial charge in [0, 0.05) is 4.88 Å². The van der Waals surface area contributed by atoms with E-state index in [4.69, 9.17) is 4.74 Å². The fraction of sp³-hybridized carbons (Fsp3) is 0.550. The van der Waals surface area contributed by atoms with Gasteiger partial charge in [-0.2, -0.15) is 0 Å². The van der Waals surface area contributed by atoms with E-state index in [9.17, 15) is 19.5 Å². The van der Waals surface area contributed by atoms with Crippen LogP contribution in [0.15, 0.2) is 12.2 Å². The Bertz CT molecular complexity index is 810. The van der Waals surface area contributed by atoms with Gasteiger partial charge in [0.25, 0.3) is 0 Å². The van der Waals surface area contributed by atoms with Gasteiger partial charge in [0.15, 0.2) is 0 Å². The largest absolute Gasteiger partial charge is 0.481 e. The van der Waals surface area contributed by atoms with Crippen LogP contribution < -0.4 is 5.32 Å². The highest BCUT2D eigenvalue weighted by Gasteiger charge is 2.51. The minimum absolute atomic E-state index is 0.0612.